The van der Waals surface area contributed by atoms with E-state index in [0.29, 0.717) is 37.8 Å². The summed E-state index contributed by atoms with van der Waals surface area (Å²) < 4.78 is 0. The SMILES string of the molecule is CC[C@H](C)[C@H](NC(=O)[C@H](Cc1c[nH]c2ccccc12)NC(=O)[C@@H]1CCCN1C(=O)[C@H](Cc1ccccc1)NC(=O)[C@H](CC(C)C)NC(=O)[C@@H]1CCCN1C(=O)[C@@H](N)Cc1c[nH]c2ccccc12)C(=O)N[C@H](C(=O)O)C(C)C. The fraction of sp³-hybridized carbons (Fsp3) is 0.483. The van der Waals surface area contributed by atoms with Crippen molar-refractivity contribution in [3.8, 4) is 0 Å². The Hall–Kier alpha value is -7.54. The molecule has 19 nitrogen and oxygen atoms in total. The maximum Gasteiger partial charge on any atom is 0.326 e. The number of nitrogens with one attached hydrogen (secondary N) is 7. The van der Waals surface area contributed by atoms with Crippen LogP contribution >= 0.6 is 0 Å². The molecule has 412 valence electrons. The van der Waals surface area contributed by atoms with Gasteiger partial charge >= 0.3 is 5.97 Å². The molecule has 0 radical (unpaired) electrons. The number of carbonyl (C=O) groups excluding carboxylic acids is 7. The third-order valence-corrected chi connectivity index (χ3v) is 15.1. The highest BCUT2D eigenvalue weighted by Gasteiger charge is 2.42. The Labute approximate surface area is 449 Å². The van der Waals surface area contributed by atoms with Gasteiger partial charge in [0.1, 0.15) is 42.3 Å². The molecule has 5 aromatic rings. The molecular formula is C58H76N10O9. The van der Waals surface area contributed by atoms with Gasteiger partial charge in [0, 0.05) is 60.1 Å². The molecule has 3 aromatic carbocycles. The Morgan fingerprint density at radius 3 is 1.65 bits per heavy atom. The zero-order valence-electron chi connectivity index (χ0n) is 45.0. The number of likely N-dealkylation sites (tertiary alicyclic amines) is 2. The van der Waals surface area contributed by atoms with Gasteiger partial charge in [-0.3, -0.25) is 33.6 Å². The Morgan fingerprint density at radius 1 is 0.597 bits per heavy atom. The van der Waals surface area contributed by atoms with Crippen LogP contribution in [0.4, 0.5) is 0 Å². The van der Waals surface area contributed by atoms with Gasteiger partial charge in [-0.05, 0) is 85.1 Å². The molecule has 7 rings (SSSR count). The lowest BCUT2D eigenvalue weighted by Gasteiger charge is -2.32. The van der Waals surface area contributed by atoms with Gasteiger partial charge in [-0.2, -0.15) is 0 Å². The lowest BCUT2D eigenvalue weighted by Crippen LogP contribution is -2.61. The number of carbonyl (C=O) groups is 8. The second-order valence-electron chi connectivity index (χ2n) is 21.6. The Kier molecular flexibility index (Phi) is 19.3. The Balaban J connectivity index is 1.09. The first-order valence-electron chi connectivity index (χ1n) is 27.1. The van der Waals surface area contributed by atoms with Gasteiger partial charge < -0.3 is 57.2 Å². The minimum absolute atomic E-state index is 0.00107. The van der Waals surface area contributed by atoms with E-state index < -0.39 is 102 Å². The number of para-hydroxylation sites is 2. The summed E-state index contributed by atoms with van der Waals surface area (Å²) in [5, 5.41) is 25.9. The fourth-order valence-corrected chi connectivity index (χ4v) is 10.6. The van der Waals surface area contributed by atoms with Crippen molar-refractivity contribution in [3.63, 3.8) is 0 Å². The largest absolute Gasteiger partial charge is 0.480 e. The minimum atomic E-state index is -1.25. The monoisotopic (exact) mass is 1060 g/mol. The summed E-state index contributed by atoms with van der Waals surface area (Å²) in [4.78, 5) is 122. The molecule has 2 fully saturated rings. The number of hydrogen-bond donors (Lipinski definition) is 9. The van der Waals surface area contributed by atoms with Crippen LogP contribution in [-0.4, -0.2) is 134 Å². The highest BCUT2D eigenvalue weighted by molar-refractivity contribution is 5.99. The number of benzene rings is 3. The van der Waals surface area contributed by atoms with Crippen LogP contribution in [0.15, 0.2) is 91.3 Å². The molecule has 2 aromatic heterocycles. The van der Waals surface area contributed by atoms with E-state index in [1.165, 1.54) is 9.80 Å². The molecule has 0 spiro atoms. The van der Waals surface area contributed by atoms with Crippen LogP contribution in [0.1, 0.15) is 96.8 Å². The van der Waals surface area contributed by atoms with Crippen molar-refractivity contribution < 1.29 is 43.5 Å². The van der Waals surface area contributed by atoms with Crippen molar-refractivity contribution in [1.29, 1.82) is 0 Å². The average molecular weight is 1060 g/mol. The maximum absolute atomic E-state index is 15.0. The first-order chi connectivity index (χ1) is 36.8. The summed E-state index contributed by atoms with van der Waals surface area (Å²) >= 11 is 0. The molecule has 0 aliphatic carbocycles. The molecule has 7 amide bonds. The van der Waals surface area contributed by atoms with E-state index in [-0.39, 0.29) is 50.5 Å². The van der Waals surface area contributed by atoms with Crippen molar-refractivity contribution in [1.82, 2.24) is 46.4 Å². The molecule has 77 heavy (non-hydrogen) atoms. The summed E-state index contributed by atoms with van der Waals surface area (Å²) in [5.41, 5.74) is 10.6. The zero-order valence-corrected chi connectivity index (χ0v) is 45.0. The number of nitrogens with two attached hydrogens (primary N) is 1. The van der Waals surface area contributed by atoms with Gasteiger partial charge in [-0.1, -0.05) is 115 Å². The van der Waals surface area contributed by atoms with E-state index >= 15 is 0 Å². The predicted octanol–water partition coefficient (Wildman–Crippen LogP) is 4.24. The van der Waals surface area contributed by atoms with Crippen LogP contribution in [0.25, 0.3) is 21.8 Å². The predicted molar refractivity (Wildman–Crippen MR) is 293 cm³/mol. The number of hydrogen-bond acceptors (Lipinski definition) is 9. The van der Waals surface area contributed by atoms with E-state index in [2.05, 4.69) is 36.6 Å². The Morgan fingerprint density at radius 2 is 1.10 bits per heavy atom. The normalized spacial score (nSPS) is 18.3. The third kappa shape index (κ3) is 14.1. The Bertz CT molecular complexity index is 2900. The number of aromatic amines is 2. The lowest BCUT2D eigenvalue weighted by atomic mass is 9.95. The molecule has 19 heteroatoms. The molecule has 0 saturated carbocycles. The van der Waals surface area contributed by atoms with Crippen LogP contribution < -0.4 is 32.3 Å². The smallest absolute Gasteiger partial charge is 0.326 e. The summed E-state index contributed by atoms with van der Waals surface area (Å²) in [6, 6.07) is 15.6. The van der Waals surface area contributed by atoms with Gasteiger partial charge in [0.15, 0.2) is 0 Å². The topological polar surface area (TPSA) is 281 Å². The van der Waals surface area contributed by atoms with Gasteiger partial charge in [-0.25, -0.2) is 4.79 Å². The average Bonchev–Trinajstić information content (AvgIpc) is 4.26. The molecule has 9 atom stereocenters. The van der Waals surface area contributed by atoms with Crippen LogP contribution in [-0.2, 0) is 57.6 Å². The summed E-state index contributed by atoms with van der Waals surface area (Å²) in [7, 11) is 0. The minimum Gasteiger partial charge on any atom is -0.480 e. The number of aromatic nitrogens is 2. The summed E-state index contributed by atoms with van der Waals surface area (Å²) in [5.74, 6) is -6.12. The van der Waals surface area contributed by atoms with Crippen molar-refractivity contribution in [3.05, 3.63) is 108 Å². The number of amides is 7. The molecule has 10 N–H and O–H groups in total. The van der Waals surface area contributed by atoms with Gasteiger partial charge in [0.2, 0.25) is 41.4 Å². The van der Waals surface area contributed by atoms with Gasteiger partial charge in [-0.15, -0.1) is 0 Å². The van der Waals surface area contributed by atoms with Crippen molar-refractivity contribution in [2.45, 2.75) is 148 Å². The maximum atomic E-state index is 15.0. The van der Waals surface area contributed by atoms with Crippen molar-refractivity contribution in [2.75, 3.05) is 13.1 Å². The summed E-state index contributed by atoms with van der Waals surface area (Å²) in [6.45, 7) is 11.3. The van der Waals surface area contributed by atoms with Gasteiger partial charge in [0.25, 0.3) is 0 Å². The highest BCUT2D eigenvalue weighted by Crippen LogP contribution is 2.25. The number of carboxylic acid groups (broad SMARTS) is 1. The standard InChI is InChI=1S/C58H76N10O9/c1-7-35(6)50(55(73)65-49(34(4)5)58(76)77)66-52(70)45(30-38-32-61-43-22-14-12-20-40(38)43)63-54(72)48-24-16-26-68(48)57(75)46(28-36-17-9-8-10-18-36)64-51(69)44(27-33(2)3)62-53(71)47-23-15-25-67(47)56(74)41(59)29-37-31-60-42-21-13-11-19-39(37)42/h8-14,17-22,31-35,41,44-50,60-61H,7,15-16,23-30,59H2,1-6H3,(H,62,71)(H,63,72)(H,64,69)(H,65,73)(H,66,70)(H,76,77)/t35-,41-,44-,45-,46-,47-,48-,49-,50-/m0/s1. The number of rotatable bonds is 24. The first-order valence-corrected chi connectivity index (χ1v) is 27.1. The van der Waals surface area contributed by atoms with E-state index in [4.69, 9.17) is 5.73 Å². The molecule has 2 saturated heterocycles. The fourth-order valence-electron chi connectivity index (χ4n) is 10.6. The van der Waals surface area contributed by atoms with Crippen LogP contribution in [0.3, 0.4) is 0 Å². The highest BCUT2D eigenvalue weighted by atomic mass is 16.4. The lowest BCUT2D eigenvalue weighted by molar-refractivity contribution is -0.144. The third-order valence-electron chi connectivity index (χ3n) is 15.1. The van der Waals surface area contributed by atoms with E-state index in [9.17, 15) is 43.5 Å². The number of nitrogens with zero attached hydrogens (tertiary/aromatic N) is 2. The van der Waals surface area contributed by atoms with Crippen LogP contribution in [0.2, 0.25) is 0 Å². The van der Waals surface area contributed by atoms with E-state index in [0.717, 1.165) is 32.9 Å². The molecule has 4 heterocycles. The van der Waals surface area contributed by atoms with Crippen molar-refractivity contribution >= 4 is 69.1 Å². The molecule has 2 aliphatic rings. The number of fused-ring (bicyclic) bond motifs is 2. The quantitative estimate of drug-likeness (QED) is 0.0424. The second-order valence-corrected chi connectivity index (χ2v) is 21.6. The molecule has 0 bridgehead atoms. The van der Waals surface area contributed by atoms with E-state index in [1.807, 2.05) is 106 Å². The molecule has 0 unspecified atom stereocenters. The van der Waals surface area contributed by atoms with Crippen molar-refractivity contribution in [2.24, 2.45) is 23.5 Å². The molecular weight excluding hydrogens is 981 g/mol. The van der Waals surface area contributed by atoms with E-state index in [1.54, 1.807) is 27.0 Å². The number of H-pyrrole nitrogens is 2. The van der Waals surface area contributed by atoms with Crippen LogP contribution in [0.5, 0.6) is 0 Å². The zero-order chi connectivity index (χ0) is 55.5. The van der Waals surface area contributed by atoms with Gasteiger partial charge in [0.05, 0.1) is 6.04 Å². The summed E-state index contributed by atoms with van der Waals surface area (Å²) in [6.07, 6.45) is 6.24. The first kappa shape index (κ1) is 57.2. The molecule has 2 aliphatic heterocycles. The number of aliphatic carboxylic acids is 1. The number of carboxylic acids is 1. The second kappa shape index (κ2) is 26.0. The van der Waals surface area contributed by atoms with Crippen LogP contribution in [0, 0.1) is 17.8 Å².